The lowest BCUT2D eigenvalue weighted by molar-refractivity contribution is 0.648. The number of benzene rings is 1. The van der Waals surface area contributed by atoms with Crippen LogP contribution in [-0.2, 0) is 20.6 Å². The van der Waals surface area contributed by atoms with E-state index in [1.54, 1.807) is 43.2 Å². The largest absolute Gasteiger partial charge is 0.357 e. The molecule has 0 saturated carbocycles. The van der Waals surface area contributed by atoms with Crippen molar-refractivity contribution in [3.63, 3.8) is 0 Å². The molecule has 0 aliphatic carbocycles. The molecule has 0 radical (unpaired) electrons. The fraction of sp³-hybridized carbons (Fsp3) is 0.143. The van der Waals surface area contributed by atoms with Crippen LogP contribution >= 0.6 is 11.6 Å². The van der Waals surface area contributed by atoms with Gasteiger partial charge < -0.3 is 14.9 Å². The van der Waals surface area contributed by atoms with Crippen molar-refractivity contribution in [2.24, 2.45) is 14.1 Å². The summed E-state index contributed by atoms with van der Waals surface area (Å²) in [4.78, 5) is 38.0. The van der Waals surface area contributed by atoms with Crippen LogP contribution in [0, 0.1) is 0 Å². The first kappa shape index (κ1) is 19.1. The number of pyridine rings is 1. The Hall–Kier alpha value is -3.85. The quantitative estimate of drug-likeness (QED) is 0.452. The van der Waals surface area contributed by atoms with E-state index in [4.69, 9.17) is 11.6 Å². The second-order valence-electron chi connectivity index (χ2n) is 7.26. The summed E-state index contributed by atoms with van der Waals surface area (Å²) in [5.41, 5.74) is 2.03. The van der Waals surface area contributed by atoms with Gasteiger partial charge in [0.05, 0.1) is 18.4 Å². The van der Waals surface area contributed by atoms with Gasteiger partial charge in [-0.1, -0.05) is 17.7 Å². The van der Waals surface area contributed by atoms with E-state index in [0.29, 0.717) is 27.8 Å². The summed E-state index contributed by atoms with van der Waals surface area (Å²) in [5, 5.41) is 4.58. The van der Waals surface area contributed by atoms with Gasteiger partial charge in [0.2, 0.25) is 5.95 Å². The minimum atomic E-state index is -0.451. The van der Waals surface area contributed by atoms with E-state index < -0.39 is 11.2 Å². The van der Waals surface area contributed by atoms with Crippen molar-refractivity contribution < 1.29 is 0 Å². The minimum absolute atomic E-state index is 0.0863. The first-order valence-corrected chi connectivity index (χ1v) is 9.91. The number of nitrogens with zero attached hydrogens (tertiary/aromatic N) is 5. The lowest BCUT2D eigenvalue weighted by Crippen LogP contribution is -2.39. The summed E-state index contributed by atoms with van der Waals surface area (Å²) in [6.45, 7) is 0.0863. The number of imidazole rings is 1. The smallest absolute Gasteiger partial charge is 0.332 e. The number of halogens is 1. The lowest BCUT2D eigenvalue weighted by Gasteiger charge is -2.08. The number of fused-ring (bicyclic) bond motifs is 2. The summed E-state index contributed by atoms with van der Waals surface area (Å²) in [6, 6.07) is 11.0. The number of aromatic amines is 1. The molecule has 10 heteroatoms. The first-order valence-electron chi connectivity index (χ1n) is 9.53. The molecule has 4 heterocycles. The Morgan fingerprint density at radius 2 is 1.97 bits per heavy atom. The Labute approximate surface area is 180 Å². The molecule has 0 aliphatic heterocycles. The molecule has 0 spiro atoms. The number of hydrogen-bond acceptors (Lipinski definition) is 5. The van der Waals surface area contributed by atoms with Crippen LogP contribution in [0.2, 0.25) is 5.02 Å². The summed E-state index contributed by atoms with van der Waals surface area (Å²) in [5.74, 6) is 0.435. The molecule has 1 aromatic carbocycles. The average molecular weight is 436 g/mol. The molecular weight excluding hydrogens is 418 g/mol. The maximum Gasteiger partial charge on any atom is 0.332 e. The number of aromatic nitrogens is 6. The molecule has 0 fully saturated rings. The Balaban J connectivity index is 1.63. The van der Waals surface area contributed by atoms with Crippen LogP contribution in [0.4, 0.5) is 11.6 Å². The van der Waals surface area contributed by atoms with Gasteiger partial charge in [-0.15, -0.1) is 0 Å². The molecule has 0 atom stereocenters. The van der Waals surface area contributed by atoms with Crippen molar-refractivity contribution in [3.8, 4) is 0 Å². The van der Waals surface area contributed by atoms with E-state index in [0.717, 1.165) is 16.6 Å². The van der Waals surface area contributed by atoms with Gasteiger partial charge in [0.25, 0.3) is 5.56 Å². The van der Waals surface area contributed by atoms with Gasteiger partial charge in [0, 0.05) is 41.9 Å². The topological polar surface area (TPSA) is 103 Å². The third-order valence-electron chi connectivity index (χ3n) is 5.27. The Kier molecular flexibility index (Phi) is 4.40. The SMILES string of the molecule is Cn1c(Nc2cccnc2)nc2c1c(=O)n(Cc1cc3c(Cl)cccc3[nH]1)c(=O)n2C. The maximum atomic E-state index is 13.3. The molecule has 5 rings (SSSR count). The second-order valence-corrected chi connectivity index (χ2v) is 7.67. The van der Waals surface area contributed by atoms with Crippen molar-refractivity contribution in [3.05, 3.63) is 80.3 Å². The van der Waals surface area contributed by atoms with E-state index in [2.05, 4.69) is 20.3 Å². The number of hydrogen-bond donors (Lipinski definition) is 2. The number of aryl methyl sites for hydroxylation is 2. The Bertz CT molecular complexity index is 1560. The fourth-order valence-corrected chi connectivity index (χ4v) is 3.92. The highest BCUT2D eigenvalue weighted by atomic mass is 35.5. The zero-order valence-electron chi connectivity index (χ0n) is 16.8. The molecule has 0 bridgehead atoms. The normalized spacial score (nSPS) is 11.5. The van der Waals surface area contributed by atoms with Crippen LogP contribution in [0.15, 0.2) is 58.4 Å². The van der Waals surface area contributed by atoms with Crippen LogP contribution in [0.25, 0.3) is 22.1 Å². The second kappa shape index (κ2) is 7.13. The van der Waals surface area contributed by atoms with Gasteiger partial charge in [0.1, 0.15) is 0 Å². The first-order chi connectivity index (χ1) is 14.9. The van der Waals surface area contributed by atoms with Crippen molar-refractivity contribution in [2.75, 3.05) is 5.32 Å². The third kappa shape index (κ3) is 3.10. The highest BCUT2D eigenvalue weighted by Crippen LogP contribution is 2.24. The van der Waals surface area contributed by atoms with E-state index >= 15 is 0 Å². The summed E-state index contributed by atoms with van der Waals surface area (Å²) < 4.78 is 4.21. The standard InChI is InChI=1S/C21H18ClN7O2/c1-27-17-18(26-20(27)25-12-5-4-8-23-10-12)28(2)21(31)29(19(17)30)11-13-9-14-15(22)6-3-7-16(14)24-13/h3-10,24H,11H2,1-2H3,(H,25,26). The highest BCUT2D eigenvalue weighted by molar-refractivity contribution is 6.35. The van der Waals surface area contributed by atoms with Crippen LogP contribution in [-0.4, -0.2) is 28.7 Å². The number of rotatable bonds is 4. The fourth-order valence-electron chi connectivity index (χ4n) is 3.69. The van der Waals surface area contributed by atoms with Crippen molar-refractivity contribution in [1.29, 1.82) is 0 Å². The third-order valence-corrected chi connectivity index (χ3v) is 5.60. The zero-order chi connectivity index (χ0) is 21.7. The van der Waals surface area contributed by atoms with Gasteiger partial charge in [-0.05, 0) is 30.3 Å². The van der Waals surface area contributed by atoms with Crippen molar-refractivity contribution in [1.82, 2.24) is 28.7 Å². The molecule has 0 aliphatic rings. The Morgan fingerprint density at radius 3 is 2.71 bits per heavy atom. The Morgan fingerprint density at radius 1 is 1.13 bits per heavy atom. The predicted molar refractivity (Wildman–Crippen MR) is 120 cm³/mol. The average Bonchev–Trinajstić information content (AvgIpc) is 3.32. The molecule has 9 nitrogen and oxygen atoms in total. The highest BCUT2D eigenvalue weighted by Gasteiger charge is 2.19. The maximum absolute atomic E-state index is 13.3. The molecule has 4 aromatic heterocycles. The lowest BCUT2D eigenvalue weighted by atomic mass is 10.2. The van der Waals surface area contributed by atoms with E-state index in [9.17, 15) is 9.59 Å². The van der Waals surface area contributed by atoms with Crippen LogP contribution in [0.3, 0.4) is 0 Å². The van der Waals surface area contributed by atoms with E-state index in [1.807, 2.05) is 24.3 Å². The minimum Gasteiger partial charge on any atom is -0.357 e. The van der Waals surface area contributed by atoms with Gasteiger partial charge in [-0.25, -0.2) is 4.79 Å². The summed E-state index contributed by atoms with van der Waals surface area (Å²) in [6.07, 6.45) is 3.32. The number of H-pyrrole nitrogens is 1. The molecule has 156 valence electrons. The van der Waals surface area contributed by atoms with Crippen LogP contribution < -0.4 is 16.6 Å². The van der Waals surface area contributed by atoms with Gasteiger partial charge in [-0.2, -0.15) is 4.98 Å². The summed E-state index contributed by atoms with van der Waals surface area (Å²) >= 11 is 6.25. The number of nitrogens with one attached hydrogen (secondary N) is 2. The number of anilines is 2. The van der Waals surface area contributed by atoms with E-state index in [1.165, 1.54) is 9.13 Å². The zero-order valence-corrected chi connectivity index (χ0v) is 17.5. The summed E-state index contributed by atoms with van der Waals surface area (Å²) in [7, 11) is 3.33. The van der Waals surface area contributed by atoms with E-state index in [-0.39, 0.29) is 6.54 Å². The molecule has 0 amide bonds. The molecule has 31 heavy (non-hydrogen) atoms. The van der Waals surface area contributed by atoms with Crippen LogP contribution in [0.5, 0.6) is 0 Å². The predicted octanol–water partition coefficient (Wildman–Crippen LogP) is 2.76. The molecule has 0 saturated heterocycles. The van der Waals surface area contributed by atoms with Gasteiger partial charge in [-0.3, -0.25) is 18.9 Å². The molecule has 5 aromatic rings. The van der Waals surface area contributed by atoms with Gasteiger partial charge in [0.15, 0.2) is 11.2 Å². The molecule has 2 N–H and O–H groups in total. The monoisotopic (exact) mass is 435 g/mol. The molecular formula is C21H18ClN7O2. The van der Waals surface area contributed by atoms with Crippen LogP contribution in [0.1, 0.15) is 5.69 Å². The van der Waals surface area contributed by atoms with Crippen molar-refractivity contribution >= 4 is 45.3 Å². The molecule has 0 unspecified atom stereocenters. The van der Waals surface area contributed by atoms with Crippen molar-refractivity contribution in [2.45, 2.75) is 6.54 Å². The van der Waals surface area contributed by atoms with Gasteiger partial charge >= 0.3 is 5.69 Å².